The van der Waals surface area contributed by atoms with Gasteiger partial charge in [0.25, 0.3) is 5.91 Å². The zero-order chi connectivity index (χ0) is 27.0. The van der Waals surface area contributed by atoms with Crippen molar-refractivity contribution in [2.75, 3.05) is 33.3 Å². The lowest BCUT2D eigenvalue weighted by atomic mass is 9.92. The molecule has 7 nitrogen and oxygen atoms in total. The van der Waals surface area contributed by atoms with Crippen molar-refractivity contribution in [3.8, 4) is 5.75 Å². The maximum absolute atomic E-state index is 13.6. The van der Waals surface area contributed by atoms with Gasteiger partial charge in [0.15, 0.2) is 5.76 Å². The van der Waals surface area contributed by atoms with E-state index in [1.54, 1.807) is 7.11 Å². The summed E-state index contributed by atoms with van der Waals surface area (Å²) < 4.78 is 17.6. The molecule has 1 fully saturated rings. The predicted molar refractivity (Wildman–Crippen MR) is 149 cm³/mol. The molecule has 2 aliphatic rings. The fraction of sp³-hybridized carbons (Fsp3) is 0.344. The van der Waals surface area contributed by atoms with Crippen LogP contribution in [0, 0.1) is 0 Å². The van der Waals surface area contributed by atoms with Gasteiger partial charge in [-0.05, 0) is 40.5 Å². The second kappa shape index (κ2) is 12.9. The number of ether oxygens (including phenoxy) is 3. The third-order valence-corrected chi connectivity index (χ3v) is 7.36. The van der Waals surface area contributed by atoms with Crippen LogP contribution in [0.1, 0.15) is 34.6 Å². The number of benzene rings is 3. The van der Waals surface area contributed by atoms with Gasteiger partial charge >= 0.3 is 0 Å². The van der Waals surface area contributed by atoms with Crippen LogP contribution >= 0.6 is 0 Å². The van der Waals surface area contributed by atoms with E-state index in [1.165, 1.54) is 5.56 Å². The van der Waals surface area contributed by atoms with Gasteiger partial charge in [0, 0.05) is 45.1 Å². The molecular weight excluding hydrogens is 492 g/mol. The molecule has 2 atom stereocenters. The average molecular weight is 529 g/mol. The summed E-state index contributed by atoms with van der Waals surface area (Å²) in [6.45, 7) is 4.19. The zero-order valence-electron chi connectivity index (χ0n) is 22.4. The van der Waals surface area contributed by atoms with Crippen molar-refractivity contribution in [2.45, 2.75) is 38.4 Å². The summed E-state index contributed by atoms with van der Waals surface area (Å²) in [5.74, 6) is 1.02. The average Bonchev–Trinajstić information content (AvgIpc) is 3.00. The third-order valence-electron chi connectivity index (χ3n) is 7.36. The van der Waals surface area contributed by atoms with Gasteiger partial charge in [-0.2, -0.15) is 0 Å². The highest BCUT2D eigenvalue weighted by Gasteiger charge is 2.32. The van der Waals surface area contributed by atoms with E-state index >= 15 is 0 Å². The number of rotatable bonds is 9. The summed E-state index contributed by atoms with van der Waals surface area (Å²) in [6, 6.07) is 26.0. The van der Waals surface area contributed by atoms with Gasteiger partial charge in [0.1, 0.15) is 5.75 Å². The van der Waals surface area contributed by atoms with E-state index in [0.29, 0.717) is 31.9 Å². The van der Waals surface area contributed by atoms with Crippen molar-refractivity contribution >= 4 is 5.91 Å². The van der Waals surface area contributed by atoms with Crippen molar-refractivity contribution in [2.24, 2.45) is 0 Å². The molecule has 39 heavy (non-hydrogen) atoms. The van der Waals surface area contributed by atoms with E-state index in [2.05, 4.69) is 29.2 Å². The molecule has 3 aromatic carbocycles. The third kappa shape index (κ3) is 7.06. The van der Waals surface area contributed by atoms with Crippen LogP contribution in [0.2, 0.25) is 0 Å². The Kier molecular flexibility index (Phi) is 8.93. The number of aliphatic hydroxyl groups is 1. The summed E-state index contributed by atoms with van der Waals surface area (Å²) >= 11 is 0. The standard InChI is InChI=1S/C32H36N2O5/c1-37-29-13-11-27(12-14-29)28-19-30(39-31(20-28)38-23-26-9-7-25(22-35)8-10-26)32(36)34-17-15-33(16-18-34)21-24-5-3-2-4-6-24/h2-14,19,28,31,35H,15-18,20-23H2,1H3/t28-,31+/m0/s1. The molecular formula is C32H36N2O5. The van der Waals surface area contributed by atoms with Crippen LogP contribution in [-0.4, -0.2) is 60.4 Å². The number of amides is 1. The van der Waals surface area contributed by atoms with Crippen LogP contribution < -0.4 is 4.74 Å². The molecule has 0 spiro atoms. The Morgan fingerprint density at radius 2 is 1.59 bits per heavy atom. The first kappa shape index (κ1) is 26.9. The predicted octanol–water partition coefficient (Wildman–Crippen LogP) is 4.46. The van der Waals surface area contributed by atoms with Crippen LogP contribution in [0.5, 0.6) is 5.75 Å². The molecule has 0 bridgehead atoms. The Morgan fingerprint density at radius 1 is 0.897 bits per heavy atom. The van der Waals surface area contributed by atoms with Gasteiger partial charge in [-0.25, -0.2) is 0 Å². The minimum absolute atomic E-state index is 0.00714. The number of carbonyl (C=O) groups is 1. The SMILES string of the molecule is COc1ccc([C@H]2C=C(C(=O)N3CCN(Cc4ccccc4)CC3)O[C@@H](OCc3ccc(CO)cc3)C2)cc1. The van der Waals surface area contributed by atoms with Gasteiger partial charge in [0.05, 0.1) is 20.3 Å². The maximum atomic E-state index is 13.6. The number of methoxy groups -OCH3 is 1. The van der Waals surface area contributed by atoms with E-state index in [-0.39, 0.29) is 18.4 Å². The number of allylic oxidation sites excluding steroid dienone is 1. The summed E-state index contributed by atoms with van der Waals surface area (Å²) in [6.07, 6.45) is 1.98. The highest BCUT2D eigenvalue weighted by molar-refractivity contribution is 5.92. The van der Waals surface area contributed by atoms with E-state index in [0.717, 1.165) is 42.1 Å². The van der Waals surface area contributed by atoms with Crippen molar-refractivity contribution in [1.29, 1.82) is 0 Å². The Hall–Kier alpha value is -3.65. The number of piperazine rings is 1. The van der Waals surface area contributed by atoms with Gasteiger partial charge in [-0.1, -0.05) is 66.7 Å². The van der Waals surface area contributed by atoms with Crippen LogP contribution in [-0.2, 0) is 34.0 Å². The second-order valence-electron chi connectivity index (χ2n) is 10.0. The largest absolute Gasteiger partial charge is 0.497 e. The lowest BCUT2D eigenvalue weighted by Crippen LogP contribution is -2.49. The highest BCUT2D eigenvalue weighted by atomic mass is 16.7. The summed E-state index contributed by atoms with van der Waals surface area (Å²) in [5, 5.41) is 9.30. The van der Waals surface area contributed by atoms with Crippen LogP contribution in [0.15, 0.2) is 90.7 Å². The summed E-state index contributed by atoms with van der Waals surface area (Å²) in [4.78, 5) is 17.9. The first-order valence-electron chi connectivity index (χ1n) is 13.5. The Labute approximate surface area is 230 Å². The van der Waals surface area contributed by atoms with Gasteiger partial charge in [0.2, 0.25) is 6.29 Å². The second-order valence-corrected chi connectivity index (χ2v) is 10.0. The number of hydrogen-bond acceptors (Lipinski definition) is 6. The van der Waals surface area contributed by atoms with Crippen molar-refractivity contribution < 1.29 is 24.1 Å². The minimum atomic E-state index is -0.557. The molecule has 5 rings (SSSR count). The van der Waals surface area contributed by atoms with E-state index in [4.69, 9.17) is 14.2 Å². The van der Waals surface area contributed by atoms with Gasteiger partial charge < -0.3 is 24.2 Å². The van der Waals surface area contributed by atoms with E-state index in [1.807, 2.05) is 65.6 Å². The monoisotopic (exact) mass is 528 g/mol. The molecule has 7 heteroatoms. The molecule has 2 heterocycles. The molecule has 0 unspecified atom stereocenters. The van der Waals surface area contributed by atoms with Gasteiger partial charge in [-0.15, -0.1) is 0 Å². The Bertz CT molecular complexity index is 1240. The molecule has 0 aliphatic carbocycles. The van der Waals surface area contributed by atoms with Crippen LogP contribution in [0.4, 0.5) is 0 Å². The summed E-state index contributed by atoms with van der Waals surface area (Å²) in [7, 11) is 1.65. The van der Waals surface area contributed by atoms with E-state index < -0.39 is 6.29 Å². The smallest absolute Gasteiger partial charge is 0.288 e. The normalized spacial score (nSPS) is 19.7. The zero-order valence-corrected chi connectivity index (χ0v) is 22.4. The Balaban J connectivity index is 1.26. The quantitative estimate of drug-likeness (QED) is 0.442. The number of aliphatic hydroxyl groups excluding tert-OH is 1. The maximum Gasteiger partial charge on any atom is 0.288 e. The minimum Gasteiger partial charge on any atom is -0.497 e. The molecule has 1 amide bonds. The molecule has 0 aromatic heterocycles. The number of nitrogens with zero attached hydrogens (tertiary/aromatic N) is 2. The summed E-state index contributed by atoms with van der Waals surface area (Å²) in [5.41, 5.74) is 4.20. The number of hydrogen-bond donors (Lipinski definition) is 1. The van der Waals surface area contributed by atoms with Crippen LogP contribution in [0.25, 0.3) is 0 Å². The molecule has 0 radical (unpaired) electrons. The Morgan fingerprint density at radius 3 is 2.26 bits per heavy atom. The molecule has 1 N–H and O–H groups in total. The van der Waals surface area contributed by atoms with Crippen molar-refractivity contribution in [1.82, 2.24) is 9.80 Å². The molecule has 204 valence electrons. The molecule has 1 saturated heterocycles. The van der Waals surface area contributed by atoms with E-state index in [9.17, 15) is 9.90 Å². The first-order chi connectivity index (χ1) is 19.1. The lowest BCUT2D eigenvalue weighted by molar-refractivity contribution is -0.157. The van der Waals surface area contributed by atoms with Crippen LogP contribution in [0.3, 0.4) is 0 Å². The van der Waals surface area contributed by atoms with Crippen molar-refractivity contribution in [3.63, 3.8) is 0 Å². The fourth-order valence-corrected chi connectivity index (χ4v) is 5.03. The lowest BCUT2D eigenvalue weighted by Gasteiger charge is -2.36. The van der Waals surface area contributed by atoms with Gasteiger partial charge in [-0.3, -0.25) is 9.69 Å². The molecule has 3 aromatic rings. The number of carbonyl (C=O) groups excluding carboxylic acids is 1. The molecule has 2 aliphatic heterocycles. The molecule has 0 saturated carbocycles. The topological polar surface area (TPSA) is 71.5 Å². The first-order valence-corrected chi connectivity index (χ1v) is 13.5. The van der Waals surface area contributed by atoms with Crippen molar-refractivity contribution in [3.05, 3.63) is 113 Å². The fourth-order valence-electron chi connectivity index (χ4n) is 5.03. The highest BCUT2D eigenvalue weighted by Crippen LogP contribution is 2.33.